The Bertz CT molecular complexity index is 465. The number of nitrogens with one attached hydrogen (secondary N) is 1. The Labute approximate surface area is 102 Å². The zero-order valence-electron chi connectivity index (χ0n) is 10.1. The molecule has 0 saturated carbocycles. The van der Waals surface area contributed by atoms with Gasteiger partial charge in [-0.05, 0) is 25.0 Å². The van der Waals surface area contributed by atoms with Crippen LogP contribution in [0.3, 0.4) is 0 Å². The summed E-state index contributed by atoms with van der Waals surface area (Å²) < 4.78 is 5.03. The zero-order valence-corrected chi connectivity index (χ0v) is 10.1. The monoisotopic (exact) mass is 230 g/mol. The number of ether oxygens (including phenoxy) is 1. The van der Waals surface area contributed by atoms with Crippen LogP contribution in [-0.4, -0.2) is 25.2 Å². The summed E-state index contributed by atoms with van der Waals surface area (Å²) in [5.41, 5.74) is 2.20. The molecule has 1 N–H and O–H groups in total. The van der Waals surface area contributed by atoms with Gasteiger partial charge in [0.1, 0.15) is 0 Å². The van der Waals surface area contributed by atoms with Crippen molar-refractivity contribution in [1.82, 2.24) is 4.98 Å². The molecule has 2 rings (SSSR count). The van der Waals surface area contributed by atoms with Gasteiger partial charge < -0.3 is 10.1 Å². The molecule has 0 spiro atoms. The second kappa shape index (κ2) is 6.21. The molecule has 3 heteroatoms. The summed E-state index contributed by atoms with van der Waals surface area (Å²) >= 11 is 0. The molecule has 1 heterocycles. The zero-order chi connectivity index (χ0) is 11.9. The molecule has 17 heavy (non-hydrogen) atoms. The van der Waals surface area contributed by atoms with Gasteiger partial charge in [-0.1, -0.05) is 18.2 Å². The molecule has 0 amide bonds. The van der Waals surface area contributed by atoms with Crippen LogP contribution in [0.25, 0.3) is 10.9 Å². The number of methoxy groups -OCH3 is 1. The second-order valence-electron chi connectivity index (χ2n) is 4.00. The molecule has 2 aromatic rings. The first kappa shape index (κ1) is 11.9. The SMILES string of the molecule is COCCCCNc1ccnc2ccccc12. The minimum Gasteiger partial charge on any atom is -0.385 e. The number of aromatic nitrogens is 1. The van der Waals surface area contributed by atoms with Gasteiger partial charge >= 0.3 is 0 Å². The van der Waals surface area contributed by atoms with E-state index in [1.165, 1.54) is 5.39 Å². The summed E-state index contributed by atoms with van der Waals surface area (Å²) in [6.45, 7) is 1.80. The molecule has 0 saturated heterocycles. The summed E-state index contributed by atoms with van der Waals surface area (Å²) in [7, 11) is 1.74. The van der Waals surface area contributed by atoms with Crippen molar-refractivity contribution in [1.29, 1.82) is 0 Å². The molecular weight excluding hydrogens is 212 g/mol. The Kier molecular flexibility index (Phi) is 4.33. The molecule has 0 aliphatic heterocycles. The summed E-state index contributed by atoms with van der Waals surface area (Å²) in [5, 5.41) is 4.63. The number of nitrogens with zero attached hydrogens (tertiary/aromatic N) is 1. The van der Waals surface area contributed by atoms with Crippen molar-refractivity contribution in [2.24, 2.45) is 0 Å². The van der Waals surface area contributed by atoms with Crippen LogP contribution in [0.15, 0.2) is 36.5 Å². The lowest BCUT2D eigenvalue weighted by molar-refractivity contribution is 0.194. The summed E-state index contributed by atoms with van der Waals surface area (Å²) in [4.78, 5) is 4.34. The Balaban J connectivity index is 1.98. The van der Waals surface area contributed by atoms with Crippen molar-refractivity contribution in [2.45, 2.75) is 12.8 Å². The number of pyridine rings is 1. The Morgan fingerprint density at radius 1 is 1.18 bits per heavy atom. The number of anilines is 1. The quantitative estimate of drug-likeness (QED) is 0.774. The second-order valence-corrected chi connectivity index (χ2v) is 4.00. The van der Waals surface area contributed by atoms with E-state index in [0.717, 1.165) is 37.2 Å². The van der Waals surface area contributed by atoms with Crippen LogP contribution < -0.4 is 5.32 Å². The fraction of sp³-hybridized carbons (Fsp3) is 0.357. The highest BCUT2D eigenvalue weighted by atomic mass is 16.5. The smallest absolute Gasteiger partial charge is 0.0722 e. The van der Waals surface area contributed by atoms with Crippen LogP contribution in [-0.2, 0) is 4.74 Å². The molecule has 0 aliphatic carbocycles. The van der Waals surface area contributed by atoms with E-state index in [9.17, 15) is 0 Å². The van der Waals surface area contributed by atoms with Gasteiger partial charge in [-0.25, -0.2) is 0 Å². The van der Waals surface area contributed by atoms with E-state index >= 15 is 0 Å². The van der Waals surface area contributed by atoms with Crippen LogP contribution in [0.2, 0.25) is 0 Å². The fourth-order valence-electron chi connectivity index (χ4n) is 1.84. The maximum Gasteiger partial charge on any atom is 0.0722 e. The van der Waals surface area contributed by atoms with E-state index in [4.69, 9.17) is 4.74 Å². The van der Waals surface area contributed by atoms with Crippen molar-refractivity contribution in [3.05, 3.63) is 36.5 Å². The predicted octanol–water partition coefficient (Wildman–Crippen LogP) is 3.07. The summed E-state index contributed by atoms with van der Waals surface area (Å²) in [6, 6.07) is 10.2. The van der Waals surface area contributed by atoms with Gasteiger partial charge in [0.25, 0.3) is 0 Å². The Morgan fingerprint density at radius 2 is 2.06 bits per heavy atom. The van der Waals surface area contributed by atoms with E-state index in [-0.39, 0.29) is 0 Å². The van der Waals surface area contributed by atoms with Gasteiger partial charge in [0.05, 0.1) is 5.52 Å². The number of hydrogen-bond acceptors (Lipinski definition) is 3. The number of hydrogen-bond donors (Lipinski definition) is 1. The van der Waals surface area contributed by atoms with E-state index in [0.29, 0.717) is 0 Å². The molecule has 0 radical (unpaired) electrons. The van der Waals surface area contributed by atoms with E-state index < -0.39 is 0 Å². The normalized spacial score (nSPS) is 10.6. The third-order valence-electron chi connectivity index (χ3n) is 2.74. The number of fused-ring (bicyclic) bond motifs is 1. The van der Waals surface area contributed by atoms with Crippen molar-refractivity contribution >= 4 is 16.6 Å². The predicted molar refractivity (Wildman–Crippen MR) is 71.3 cm³/mol. The molecule has 0 unspecified atom stereocenters. The number of benzene rings is 1. The molecule has 90 valence electrons. The highest BCUT2D eigenvalue weighted by Gasteiger charge is 1.99. The van der Waals surface area contributed by atoms with Crippen LogP contribution >= 0.6 is 0 Å². The number of unbranched alkanes of at least 4 members (excludes halogenated alkanes) is 1. The molecule has 3 nitrogen and oxygen atoms in total. The van der Waals surface area contributed by atoms with Gasteiger partial charge in [-0.15, -0.1) is 0 Å². The third kappa shape index (κ3) is 3.17. The largest absolute Gasteiger partial charge is 0.385 e. The highest BCUT2D eigenvalue weighted by Crippen LogP contribution is 2.20. The molecule has 0 atom stereocenters. The third-order valence-corrected chi connectivity index (χ3v) is 2.74. The average Bonchev–Trinajstić information content (AvgIpc) is 2.39. The van der Waals surface area contributed by atoms with E-state index in [1.807, 2.05) is 30.5 Å². The van der Waals surface area contributed by atoms with Gasteiger partial charge in [-0.2, -0.15) is 0 Å². The van der Waals surface area contributed by atoms with E-state index in [1.54, 1.807) is 7.11 Å². The van der Waals surface area contributed by atoms with Crippen LogP contribution in [0.5, 0.6) is 0 Å². The highest BCUT2D eigenvalue weighted by molar-refractivity contribution is 5.90. The summed E-state index contributed by atoms with van der Waals surface area (Å²) in [5.74, 6) is 0. The standard InChI is InChI=1S/C14H18N2O/c1-17-11-5-4-9-15-14-8-10-16-13-7-3-2-6-12(13)14/h2-3,6-8,10H,4-5,9,11H2,1H3,(H,15,16). The number of rotatable bonds is 6. The average molecular weight is 230 g/mol. The minimum atomic E-state index is 0.832. The van der Waals surface area contributed by atoms with Crippen LogP contribution in [0, 0.1) is 0 Å². The summed E-state index contributed by atoms with van der Waals surface area (Å²) in [6.07, 6.45) is 4.05. The van der Waals surface area contributed by atoms with Crippen molar-refractivity contribution in [3.8, 4) is 0 Å². The Hall–Kier alpha value is -1.61. The molecule has 0 fully saturated rings. The van der Waals surface area contributed by atoms with Crippen molar-refractivity contribution < 1.29 is 4.74 Å². The lowest BCUT2D eigenvalue weighted by Crippen LogP contribution is -2.03. The van der Waals surface area contributed by atoms with Crippen molar-refractivity contribution in [3.63, 3.8) is 0 Å². The fourth-order valence-corrected chi connectivity index (χ4v) is 1.84. The maximum absolute atomic E-state index is 5.03. The molecule has 0 aliphatic rings. The van der Waals surface area contributed by atoms with Gasteiger partial charge in [0.2, 0.25) is 0 Å². The molecule has 1 aromatic heterocycles. The first-order valence-electron chi connectivity index (χ1n) is 5.98. The van der Waals surface area contributed by atoms with Crippen molar-refractivity contribution in [2.75, 3.05) is 25.6 Å². The number of para-hydroxylation sites is 1. The maximum atomic E-state index is 5.03. The topological polar surface area (TPSA) is 34.1 Å². The van der Waals surface area contributed by atoms with Crippen LogP contribution in [0.1, 0.15) is 12.8 Å². The van der Waals surface area contributed by atoms with E-state index in [2.05, 4.69) is 16.4 Å². The molecular formula is C14H18N2O. The Morgan fingerprint density at radius 3 is 2.94 bits per heavy atom. The first-order valence-corrected chi connectivity index (χ1v) is 5.98. The lowest BCUT2D eigenvalue weighted by Gasteiger charge is -2.08. The first-order chi connectivity index (χ1) is 8.42. The molecule has 0 bridgehead atoms. The van der Waals surface area contributed by atoms with Crippen LogP contribution in [0.4, 0.5) is 5.69 Å². The molecule has 1 aromatic carbocycles. The minimum absolute atomic E-state index is 0.832. The van der Waals surface area contributed by atoms with Gasteiger partial charge in [0, 0.05) is 37.5 Å². The lowest BCUT2D eigenvalue weighted by atomic mass is 10.2. The van der Waals surface area contributed by atoms with Gasteiger partial charge in [0.15, 0.2) is 0 Å². The van der Waals surface area contributed by atoms with Gasteiger partial charge in [-0.3, -0.25) is 4.98 Å².